The molecular weight excluding hydrogens is 314 g/mol. The Morgan fingerprint density at radius 3 is 2.42 bits per heavy atom. The van der Waals surface area contributed by atoms with Crippen molar-refractivity contribution in [1.82, 2.24) is 4.90 Å². The number of anilines is 2. The highest BCUT2D eigenvalue weighted by Gasteiger charge is 2.15. The normalized spacial score (nSPS) is 12.3. The molecule has 0 spiro atoms. The fraction of sp³-hybridized carbons (Fsp3) is 0.450. The first-order valence-electron chi connectivity index (χ1n) is 8.75. The zero-order valence-electron chi connectivity index (χ0n) is 15.5. The minimum atomic E-state index is 1.01. The largest absolute Gasteiger partial charge is 0.345 e. The van der Waals surface area contributed by atoms with Crippen LogP contribution in [0.1, 0.15) is 44.1 Å². The number of benzene rings is 1. The van der Waals surface area contributed by atoms with Gasteiger partial charge in [-0.05, 0) is 65.0 Å². The smallest absolute Gasteiger partial charge is 0.102 e. The molecule has 1 aliphatic rings. The summed E-state index contributed by atoms with van der Waals surface area (Å²) < 4.78 is 0. The molecule has 1 N–H and O–H groups in total. The van der Waals surface area contributed by atoms with Gasteiger partial charge in [0.2, 0.25) is 0 Å². The van der Waals surface area contributed by atoms with Crippen molar-refractivity contribution in [3.8, 4) is 0 Å². The summed E-state index contributed by atoms with van der Waals surface area (Å²) in [5.41, 5.74) is 4.40. The Hall–Kier alpha value is -1.65. The molecule has 2 heterocycles. The van der Waals surface area contributed by atoms with Crippen molar-refractivity contribution in [1.29, 1.82) is 0 Å². The Labute approximate surface area is 150 Å². The number of aryl methyl sites for hydroxylation is 1. The highest BCUT2D eigenvalue weighted by molar-refractivity contribution is 7.16. The number of fused-ring (bicyclic) bond motifs is 2. The number of aliphatic imine (C=N–C) groups is 1. The first-order chi connectivity index (χ1) is 11.5. The van der Waals surface area contributed by atoms with Gasteiger partial charge in [-0.3, -0.25) is 4.99 Å². The third-order valence-corrected chi connectivity index (χ3v) is 4.86. The molecule has 1 aromatic heterocycles. The summed E-state index contributed by atoms with van der Waals surface area (Å²) >= 11 is 1.78. The van der Waals surface area contributed by atoms with Crippen LogP contribution in [-0.2, 0) is 0 Å². The number of nitrogens with one attached hydrogen (secondary N) is 1. The van der Waals surface area contributed by atoms with E-state index in [1.807, 2.05) is 18.2 Å². The lowest BCUT2D eigenvalue weighted by atomic mass is 10.2. The summed E-state index contributed by atoms with van der Waals surface area (Å²) in [4.78, 5) is 8.33. The second-order valence-corrected chi connectivity index (χ2v) is 7.50. The predicted octanol–water partition coefficient (Wildman–Crippen LogP) is 5.99. The minimum absolute atomic E-state index is 1.01. The zero-order chi connectivity index (χ0) is 17.5. The molecule has 3 rings (SSSR count). The van der Waals surface area contributed by atoms with Gasteiger partial charge in [0, 0.05) is 16.2 Å². The van der Waals surface area contributed by atoms with Gasteiger partial charge in [-0.15, -0.1) is 11.3 Å². The molecule has 1 aliphatic heterocycles. The lowest BCUT2D eigenvalue weighted by molar-refractivity contribution is 0.335. The van der Waals surface area contributed by atoms with Crippen LogP contribution in [0.4, 0.5) is 16.4 Å². The van der Waals surface area contributed by atoms with Crippen LogP contribution in [0.5, 0.6) is 0 Å². The van der Waals surface area contributed by atoms with E-state index in [0.717, 1.165) is 17.1 Å². The van der Waals surface area contributed by atoms with E-state index in [0.29, 0.717) is 0 Å². The summed E-state index contributed by atoms with van der Waals surface area (Å²) in [5, 5.41) is 4.66. The second kappa shape index (κ2) is 9.00. The first-order valence-corrected chi connectivity index (χ1v) is 9.57. The van der Waals surface area contributed by atoms with E-state index in [-0.39, 0.29) is 0 Å². The van der Waals surface area contributed by atoms with Crippen molar-refractivity contribution in [2.45, 2.75) is 40.5 Å². The third kappa shape index (κ3) is 4.92. The average Bonchev–Trinajstić information content (AvgIpc) is 2.85. The number of para-hydroxylation sites is 2. The van der Waals surface area contributed by atoms with Crippen LogP contribution < -0.4 is 5.32 Å². The molecule has 24 heavy (non-hydrogen) atoms. The SMILES string of the molecule is CC1=Nc2ccccc2Nc2sc(C)cc21.CCCN(C)CCC. The second-order valence-electron chi connectivity index (χ2n) is 6.24. The van der Waals surface area contributed by atoms with E-state index < -0.39 is 0 Å². The van der Waals surface area contributed by atoms with E-state index in [2.05, 4.69) is 62.1 Å². The molecule has 3 nitrogen and oxygen atoms in total. The van der Waals surface area contributed by atoms with Crippen molar-refractivity contribution in [2.24, 2.45) is 4.99 Å². The lowest BCUT2D eigenvalue weighted by Crippen LogP contribution is -2.19. The van der Waals surface area contributed by atoms with Crippen molar-refractivity contribution in [2.75, 3.05) is 25.5 Å². The van der Waals surface area contributed by atoms with Gasteiger partial charge in [0.15, 0.2) is 0 Å². The number of hydrogen-bond acceptors (Lipinski definition) is 4. The molecule has 0 radical (unpaired) electrons. The van der Waals surface area contributed by atoms with E-state index in [9.17, 15) is 0 Å². The summed E-state index contributed by atoms with van der Waals surface area (Å²) in [5.74, 6) is 0. The third-order valence-electron chi connectivity index (χ3n) is 3.90. The maximum absolute atomic E-state index is 4.66. The Kier molecular flexibility index (Phi) is 7.00. The van der Waals surface area contributed by atoms with Gasteiger partial charge < -0.3 is 10.2 Å². The fourth-order valence-electron chi connectivity index (χ4n) is 2.79. The average molecular weight is 344 g/mol. The number of hydrogen-bond donors (Lipinski definition) is 1. The maximum Gasteiger partial charge on any atom is 0.102 e. The van der Waals surface area contributed by atoms with Gasteiger partial charge in [-0.25, -0.2) is 0 Å². The van der Waals surface area contributed by atoms with Crippen molar-refractivity contribution in [3.63, 3.8) is 0 Å². The van der Waals surface area contributed by atoms with Gasteiger partial charge in [0.1, 0.15) is 5.00 Å². The van der Waals surface area contributed by atoms with Crippen molar-refractivity contribution < 1.29 is 0 Å². The molecule has 1 aromatic carbocycles. The fourth-order valence-corrected chi connectivity index (χ4v) is 3.77. The van der Waals surface area contributed by atoms with Crippen LogP contribution in [0.25, 0.3) is 0 Å². The number of rotatable bonds is 4. The molecule has 0 bridgehead atoms. The van der Waals surface area contributed by atoms with Gasteiger partial charge in [0.05, 0.1) is 11.4 Å². The van der Waals surface area contributed by atoms with Crippen molar-refractivity contribution in [3.05, 3.63) is 40.8 Å². The van der Waals surface area contributed by atoms with E-state index in [1.54, 1.807) is 11.3 Å². The predicted molar refractivity (Wildman–Crippen MR) is 109 cm³/mol. The maximum atomic E-state index is 4.66. The van der Waals surface area contributed by atoms with Crippen LogP contribution >= 0.6 is 11.3 Å². The molecule has 0 atom stereocenters. The van der Waals surface area contributed by atoms with Crippen LogP contribution in [0.3, 0.4) is 0 Å². The Morgan fingerprint density at radius 1 is 1.08 bits per heavy atom. The molecule has 130 valence electrons. The van der Waals surface area contributed by atoms with Gasteiger partial charge in [-0.1, -0.05) is 26.0 Å². The molecule has 0 saturated carbocycles. The molecule has 4 heteroatoms. The van der Waals surface area contributed by atoms with E-state index >= 15 is 0 Å². The number of thiophene rings is 1. The topological polar surface area (TPSA) is 27.6 Å². The number of nitrogens with zero attached hydrogens (tertiary/aromatic N) is 2. The van der Waals surface area contributed by atoms with Gasteiger partial charge in [0.25, 0.3) is 0 Å². The Morgan fingerprint density at radius 2 is 1.75 bits per heavy atom. The summed E-state index contributed by atoms with van der Waals surface area (Å²) in [6.45, 7) is 11.1. The first kappa shape index (κ1) is 18.7. The van der Waals surface area contributed by atoms with Crippen LogP contribution in [0.15, 0.2) is 35.3 Å². The molecular formula is C20H29N3S. The summed E-state index contributed by atoms with van der Waals surface area (Å²) in [6.07, 6.45) is 2.55. The highest BCUT2D eigenvalue weighted by Crippen LogP contribution is 2.38. The van der Waals surface area contributed by atoms with Crippen molar-refractivity contribution >= 4 is 33.4 Å². The standard InChI is InChI=1S/C13H12N2S.C7H17N/c1-8-7-10-9(2)14-11-5-3-4-6-12(11)15-13(10)16-8;1-4-6-8(3)7-5-2/h3-7,15H,1-2H3;4-7H2,1-3H3. The molecule has 0 saturated heterocycles. The summed E-state index contributed by atoms with van der Waals surface area (Å²) in [6, 6.07) is 10.3. The minimum Gasteiger partial charge on any atom is -0.345 e. The van der Waals surface area contributed by atoms with Gasteiger partial charge >= 0.3 is 0 Å². The molecule has 0 unspecified atom stereocenters. The Balaban J connectivity index is 0.000000224. The van der Waals surface area contributed by atoms with E-state index in [4.69, 9.17) is 0 Å². The summed E-state index contributed by atoms with van der Waals surface area (Å²) in [7, 11) is 2.17. The lowest BCUT2D eigenvalue weighted by Gasteiger charge is -2.12. The van der Waals surface area contributed by atoms with Gasteiger partial charge in [-0.2, -0.15) is 0 Å². The Bertz CT molecular complexity index is 682. The van der Waals surface area contributed by atoms with Crippen LogP contribution in [0.2, 0.25) is 0 Å². The van der Waals surface area contributed by atoms with Crippen LogP contribution in [-0.4, -0.2) is 30.7 Å². The molecule has 0 aliphatic carbocycles. The quantitative estimate of drug-likeness (QED) is 0.738. The van der Waals surface area contributed by atoms with E-state index in [1.165, 1.54) is 41.4 Å². The molecule has 0 amide bonds. The zero-order valence-corrected chi connectivity index (χ0v) is 16.3. The molecule has 0 fully saturated rings. The molecule has 2 aromatic rings. The van der Waals surface area contributed by atoms with Crippen LogP contribution in [0, 0.1) is 6.92 Å². The highest BCUT2D eigenvalue weighted by atomic mass is 32.1. The monoisotopic (exact) mass is 343 g/mol.